The Bertz CT molecular complexity index is 665. The van der Waals surface area contributed by atoms with Gasteiger partial charge in [0.25, 0.3) is 0 Å². The molecule has 114 valence electrons. The molecule has 0 unspecified atom stereocenters. The van der Waals surface area contributed by atoms with Crippen LogP contribution in [0.1, 0.15) is 23.4 Å². The lowest BCUT2D eigenvalue weighted by atomic mass is 10.2. The van der Waals surface area contributed by atoms with Crippen molar-refractivity contribution < 1.29 is 9.53 Å². The Morgan fingerprint density at radius 2 is 1.77 bits per heavy atom. The summed E-state index contributed by atoms with van der Waals surface area (Å²) in [5.41, 5.74) is 1.57. The molecular formula is C16H14Cl2N2O2. The summed E-state index contributed by atoms with van der Waals surface area (Å²) in [5, 5.41) is 0.494. The van der Waals surface area contributed by atoms with Gasteiger partial charge in [-0.3, -0.25) is 4.79 Å². The molecule has 0 spiro atoms. The number of esters is 1. The van der Waals surface area contributed by atoms with Gasteiger partial charge >= 0.3 is 5.97 Å². The molecule has 0 atom stereocenters. The number of rotatable bonds is 5. The van der Waals surface area contributed by atoms with Crippen molar-refractivity contribution in [1.29, 1.82) is 0 Å². The first kappa shape index (κ1) is 16.5. The maximum Gasteiger partial charge on any atom is 0.305 e. The Morgan fingerprint density at radius 1 is 1.14 bits per heavy atom. The van der Waals surface area contributed by atoms with Gasteiger partial charge in [0.15, 0.2) is 5.82 Å². The monoisotopic (exact) mass is 336 g/mol. The zero-order valence-electron chi connectivity index (χ0n) is 11.9. The second-order valence-electron chi connectivity index (χ2n) is 4.46. The smallest absolute Gasteiger partial charge is 0.305 e. The lowest BCUT2D eigenvalue weighted by Gasteiger charge is -2.06. The molecule has 0 amide bonds. The second kappa shape index (κ2) is 7.92. The largest absolute Gasteiger partial charge is 0.469 e. The van der Waals surface area contributed by atoms with E-state index in [4.69, 9.17) is 23.2 Å². The van der Waals surface area contributed by atoms with E-state index in [1.54, 1.807) is 6.08 Å². The summed E-state index contributed by atoms with van der Waals surface area (Å²) >= 11 is 12.2. The number of hydrogen-bond donors (Lipinski definition) is 0. The highest BCUT2D eigenvalue weighted by Gasteiger charge is 2.12. The summed E-state index contributed by atoms with van der Waals surface area (Å²) in [6.45, 7) is 0. The number of nitrogens with zero attached hydrogens (tertiary/aromatic N) is 2. The highest BCUT2D eigenvalue weighted by Crippen LogP contribution is 2.23. The minimum Gasteiger partial charge on any atom is -0.469 e. The van der Waals surface area contributed by atoms with Crippen molar-refractivity contribution in [3.8, 4) is 0 Å². The van der Waals surface area contributed by atoms with Crippen LogP contribution < -0.4 is 0 Å². The Labute approximate surface area is 138 Å². The maximum atomic E-state index is 11.2. The van der Waals surface area contributed by atoms with Crippen LogP contribution in [0.4, 0.5) is 0 Å². The molecule has 0 aliphatic carbocycles. The molecule has 0 aliphatic heterocycles. The number of methoxy groups -OCH3 is 1. The molecular weight excluding hydrogens is 323 g/mol. The minimum absolute atomic E-state index is 0.179. The Morgan fingerprint density at radius 3 is 2.36 bits per heavy atom. The second-order valence-corrected chi connectivity index (χ2v) is 5.18. The van der Waals surface area contributed by atoms with E-state index in [9.17, 15) is 4.79 Å². The van der Waals surface area contributed by atoms with Gasteiger partial charge in [-0.05, 0) is 18.1 Å². The Kier molecular flexibility index (Phi) is 5.92. The summed E-state index contributed by atoms with van der Waals surface area (Å²) in [5.74, 6) is 0.0841. The SMILES string of the molecule is COC(=O)CCc1c(Cl)nc(C=Cc2ccccc2)nc1Cl. The molecule has 2 aromatic rings. The summed E-state index contributed by atoms with van der Waals surface area (Å²) < 4.78 is 4.59. The normalized spacial score (nSPS) is 10.9. The van der Waals surface area contributed by atoms with Crippen molar-refractivity contribution in [1.82, 2.24) is 9.97 Å². The fourth-order valence-corrected chi connectivity index (χ4v) is 2.38. The zero-order chi connectivity index (χ0) is 15.9. The van der Waals surface area contributed by atoms with Crippen LogP contribution in [0.2, 0.25) is 10.3 Å². The fraction of sp³-hybridized carbons (Fsp3) is 0.188. The Balaban J connectivity index is 2.15. The molecule has 0 saturated carbocycles. The molecule has 1 heterocycles. The van der Waals surface area contributed by atoms with Crippen molar-refractivity contribution in [2.24, 2.45) is 0 Å². The third-order valence-electron chi connectivity index (χ3n) is 2.95. The van der Waals surface area contributed by atoms with Crippen LogP contribution in [0.25, 0.3) is 12.2 Å². The third-order valence-corrected chi connectivity index (χ3v) is 3.58. The molecule has 0 saturated heterocycles. The maximum absolute atomic E-state index is 11.2. The molecule has 2 rings (SSSR count). The number of halogens is 2. The number of aromatic nitrogens is 2. The van der Waals surface area contributed by atoms with Crippen molar-refractivity contribution in [3.63, 3.8) is 0 Å². The van der Waals surface area contributed by atoms with Gasteiger partial charge in [-0.1, -0.05) is 59.6 Å². The molecule has 0 radical (unpaired) electrons. The third kappa shape index (κ3) is 4.55. The molecule has 0 aliphatic rings. The van der Waals surface area contributed by atoms with Crippen molar-refractivity contribution in [2.75, 3.05) is 7.11 Å². The quantitative estimate of drug-likeness (QED) is 0.610. The van der Waals surface area contributed by atoms with E-state index in [1.165, 1.54) is 7.11 Å². The van der Waals surface area contributed by atoms with Crippen LogP contribution in [-0.4, -0.2) is 23.0 Å². The number of carbonyl (C=O) groups is 1. The zero-order valence-corrected chi connectivity index (χ0v) is 13.4. The fourth-order valence-electron chi connectivity index (χ4n) is 1.79. The summed E-state index contributed by atoms with van der Waals surface area (Å²) in [7, 11) is 1.33. The first-order valence-corrected chi connectivity index (χ1v) is 7.37. The van der Waals surface area contributed by atoms with E-state index in [-0.39, 0.29) is 22.7 Å². The van der Waals surface area contributed by atoms with Crippen LogP contribution in [0, 0.1) is 0 Å². The number of carbonyl (C=O) groups excluding carboxylic acids is 1. The predicted octanol–water partition coefficient (Wildman–Crippen LogP) is 4.06. The standard InChI is InChI=1S/C16H14Cl2N2O2/c1-22-14(21)10-8-12-15(17)19-13(20-16(12)18)9-7-11-5-3-2-4-6-11/h2-7,9H,8,10H2,1H3. The molecule has 1 aromatic carbocycles. The molecule has 22 heavy (non-hydrogen) atoms. The summed E-state index contributed by atoms with van der Waals surface area (Å²) in [4.78, 5) is 19.5. The highest BCUT2D eigenvalue weighted by molar-refractivity contribution is 6.34. The highest BCUT2D eigenvalue weighted by atomic mass is 35.5. The van der Waals surface area contributed by atoms with Gasteiger partial charge in [-0.2, -0.15) is 0 Å². The minimum atomic E-state index is -0.333. The summed E-state index contributed by atoms with van der Waals surface area (Å²) in [6, 6.07) is 9.75. The number of ether oxygens (including phenoxy) is 1. The molecule has 4 nitrogen and oxygen atoms in total. The lowest BCUT2D eigenvalue weighted by molar-refractivity contribution is -0.140. The van der Waals surface area contributed by atoms with E-state index in [0.29, 0.717) is 17.8 Å². The van der Waals surface area contributed by atoms with Crippen LogP contribution >= 0.6 is 23.2 Å². The molecule has 0 N–H and O–H groups in total. The van der Waals surface area contributed by atoms with E-state index in [0.717, 1.165) is 5.56 Å². The first-order valence-electron chi connectivity index (χ1n) is 6.62. The van der Waals surface area contributed by atoms with Crippen LogP contribution in [0.5, 0.6) is 0 Å². The Hall–Kier alpha value is -1.91. The van der Waals surface area contributed by atoms with E-state index in [1.807, 2.05) is 36.4 Å². The molecule has 0 fully saturated rings. The van der Waals surface area contributed by atoms with Crippen molar-refractivity contribution >= 4 is 41.3 Å². The molecule has 1 aromatic heterocycles. The van der Waals surface area contributed by atoms with Crippen LogP contribution in [0.3, 0.4) is 0 Å². The van der Waals surface area contributed by atoms with E-state index in [2.05, 4.69) is 14.7 Å². The van der Waals surface area contributed by atoms with Crippen LogP contribution in [0.15, 0.2) is 30.3 Å². The number of benzene rings is 1. The van der Waals surface area contributed by atoms with Gasteiger partial charge in [0, 0.05) is 12.0 Å². The van der Waals surface area contributed by atoms with E-state index < -0.39 is 0 Å². The molecule has 6 heteroatoms. The van der Waals surface area contributed by atoms with E-state index >= 15 is 0 Å². The van der Waals surface area contributed by atoms with Crippen molar-refractivity contribution in [3.05, 3.63) is 57.6 Å². The predicted molar refractivity (Wildman–Crippen MR) is 87.8 cm³/mol. The van der Waals surface area contributed by atoms with Crippen LogP contribution in [-0.2, 0) is 16.0 Å². The summed E-state index contributed by atoms with van der Waals surface area (Å²) in [6.07, 6.45) is 4.12. The lowest BCUT2D eigenvalue weighted by Crippen LogP contribution is -2.04. The van der Waals surface area contributed by atoms with Gasteiger partial charge in [-0.25, -0.2) is 9.97 Å². The van der Waals surface area contributed by atoms with Gasteiger partial charge in [0.05, 0.1) is 7.11 Å². The first-order chi connectivity index (χ1) is 10.6. The van der Waals surface area contributed by atoms with Gasteiger partial charge in [0.1, 0.15) is 10.3 Å². The number of hydrogen-bond acceptors (Lipinski definition) is 4. The van der Waals surface area contributed by atoms with Gasteiger partial charge < -0.3 is 4.74 Å². The average molecular weight is 337 g/mol. The van der Waals surface area contributed by atoms with Crippen molar-refractivity contribution in [2.45, 2.75) is 12.8 Å². The average Bonchev–Trinajstić information content (AvgIpc) is 2.52. The van der Waals surface area contributed by atoms with Gasteiger partial charge in [0.2, 0.25) is 0 Å². The van der Waals surface area contributed by atoms with Gasteiger partial charge in [-0.15, -0.1) is 0 Å². The topological polar surface area (TPSA) is 52.1 Å². The molecule has 0 bridgehead atoms.